The van der Waals surface area contributed by atoms with Crippen LogP contribution in [0.1, 0.15) is 5.56 Å². The number of aliphatic carboxylic acids is 1. The third kappa shape index (κ3) is 3.50. The van der Waals surface area contributed by atoms with Crippen LogP contribution in [-0.2, 0) is 4.79 Å². The summed E-state index contributed by atoms with van der Waals surface area (Å²) in [6.45, 7) is 0. The van der Waals surface area contributed by atoms with Crippen molar-refractivity contribution >= 4 is 23.8 Å². The lowest BCUT2D eigenvalue weighted by Crippen LogP contribution is -1.96. The highest BCUT2D eigenvalue weighted by atomic mass is 32.2. The van der Waals surface area contributed by atoms with Crippen molar-refractivity contribution < 1.29 is 9.90 Å². The largest absolute Gasteiger partial charge is 0.477 e. The molecule has 0 fully saturated rings. The average Bonchev–Trinajstić information content (AvgIpc) is 2.40. The smallest absolute Gasteiger partial charge is 0.342 e. The van der Waals surface area contributed by atoms with Gasteiger partial charge in [-0.2, -0.15) is 0 Å². The molecule has 0 spiro atoms. The molecule has 2 nitrogen and oxygen atoms in total. The van der Waals surface area contributed by atoms with E-state index in [0.29, 0.717) is 4.91 Å². The maximum Gasteiger partial charge on any atom is 0.342 e. The molecule has 0 aliphatic heterocycles. The van der Waals surface area contributed by atoms with Gasteiger partial charge >= 0.3 is 5.97 Å². The number of carboxylic acid groups (broad SMARTS) is 1. The molecule has 18 heavy (non-hydrogen) atoms. The van der Waals surface area contributed by atoms with Crippen molar-refractivity contribution in [1.29, 1.82) is 0 Å². The molecule has 0 atom stereocenters. The first-order valence-corrected chi connectivity index (χ1v) is 6.30. The second-order valence-corrected chi connectivity index (χ2v) is 4.75. The van der Waals surface area contributed by atoms with Gasteiger partial charge in [0.15, 0.2) is 0 Å². The van der Waals surface area contributed by atoms with E-state index in [0.717, 1.165) is 10.5 Å². The van der Waals surface area contributed by atoms with E-state index in [-0.39, 0.29) is 0 Å². The van der Waals surface area contributed by atoms with Gasteiger partial charge in [0, 0.05) is 4.90 Å². The van der Waals surface area contributed by atoms with E-state index >= 15 is 0 Å². The monoisotopic (exact) mass is 256 g/mol. The summed E-state index contributed by atoms with van der Waals surface area (Å²) >= 11 is 1.25. The number of hydrogen-bond donors (Lipinski definition) is 1. The molecule has 0 radical (unpaired) electrons. The number of hydrogen-bond acceptors (Lipinski definition) is 2. The first-order valence-electron chi connectivity index (χ1n) is 5.48. The highest BCUT2D eigenvalue weighted by Gasteiger charge is 2.09. The summed E-state index contributed by atoms with van der Waals surface area (Å²) in [5, 5.41) is 9.21. The van der Waals surface area contributed by atoms with Crippen molar-refractivity contribution in [3.8, 4) is 0 Å². The third-order valence-corrected chi connectivity index (χ3v) is 3.30. The Balaban J connectivity index is 2.25. The van der Waals surface area contributed by atoms with Gasteiger partial charge in [0.1, 0.15) is 0 Å². The van der Waals surface area contributed by atoms with Gasteiger partial charge in [-0.25, -0.2) is 4.79 Å². The molecule has 0 aliphatic rings. The van der Waals surface area contributed by atoms with Crippen LogP contribution in [0.15, 0.2) is 70.5 Å². The summed E-state index contributed by atoms with van der Waals surface area (Å²) in [5.41, 5.74) is 0.887. The molecule has 2 rings (SSSR count). The molecule has 0 saturated heterocycles. The Kier molecular flexibility index (Phi) is 4.20. The first kappa shape index (κ1) is 12.5. The average molecular weight is 256 g/mol. The van der Waals surface area contributed by atoms with Crippen LogP contribution < -0.4 is 0 Å². The predicted octanol–water partition coefficient (Wildman–Crippen LogP) is 3.90. The van der Waals surface area contributed by atoms with Crippen LogP contribution in [0.4, 0.5) is 0 Å². The fourth-order valence-electron chi connectivity index (χ4n) is 1.45. The molecule has 3 heteroatoms. The topological polar surface area (TPSA) is 37.3 Å². The van der Waals surface area contributed by atoms with Crippen LogP contribution in [0.5, 0.6) is 0 Å². The second kappa shape index (κ2) is 6.07. The number of rotatable bonds is 4. The van der Waals surface area contributed by atoms with Gasteiger partial charge in [-0.15, -0.1) is 0 Å². The Morgan fingerprint density at radius 3 is 2.06 bits per heavy atom. The van der Waals surface area contributed by atoms with Crippen molar-refractivity contribution in [3.05, 3.63) is 71.1 Å². The molecule has 0 heterocycles. The Hall–Kier alpha value is -2.00. The maximum absolute atomic E-state index is 11.2. The molecular formula is C15H12O2S. The van der Waals surface area contributed by atoms with Crippen molar-refractivity contribution in [2.75, 3.05) is 0 Å². The minimum absolute atomic E-state index is 0.312. The molecule has 90 valence electrons. The van der Waals surface area contributed by atoms with Crippen LogP contribution in [0, 0.1) is 0 Å². The molecule has 0 unspecified atom stereocenters. The molecule has 2 aromatic carbocycles. The molecule has 2 aromatic rings. The van der Waals surface area contributed by atoms with Crippen molar-refractivity contribution in [3.63, 3.8) is 0 Å². The van der Waals surface area contributed by atoms with E-state index in [9.17, 15) is 9.90 Å². The van der Waals surface area contributed by atoms with Crippen molar-refractivity contribution in [1.82, 2.24) is 0 Å². The summed E-state index contributed by atoms with van der Waals surface area (Å²) in [6.07, 6.45) is 1.68. The lowest BCUT2D eigenvalue weighted by molar-refractivity contribution is -0.131. The van der Waals surface area contributed by atoms with E-state index in [1.165, 1.54) is 11.8 Å². The van der Waals surface area contributed by atoms with Gasteiger partial charge in [0.25, 0.3) is 0 Å². The number of thioether (sulfide) groups is 1. The van der Waals surface area contributed by atoms with Gasteiger partial charge in [0.05, 0.1) is 4.91 Å². The third-order valence-electron chi connectivity index (χ3n) is 2.28. The highest BCUT2D eigenvalue weighted by Crippen LogP contribution is 2.28. The zero-order chi connectivity index (χ0) is 12.8. The molecule has 0 saturated carbocycles. The van der Waals surface area contributed by atoms with E-state index in [2.05, 4.69) is 0 Å². The van der Waals surface area contributed by atoms with E-state index in [4.69, 9.17) is 0 Å². The van der Waals surface area contributed by atoms with Crippen LogP contribution >= 0.6 is 11.8 Å². The van der Waals surface area contributed by atoms with Gasteiger partial charge in [-0.1, -0.05) is 60.3 Å². The second-order valence-electron chi connectivity index (χ2n) is 3.64. The van der Waals surface area contributed by atoms with Crippen LogP contribution in [0.2, 0.25) is 0 Å². The number of carboxylic acids is 1. The lowest BCUT2D eigenvalue weighted by atomic mass is 10.2. The molecule has 0 aromatic heterocycles. The molecule has 1 N–H and O–H groups in total. The van der Waals surface area contributed by atoms with Gasteiger partial charge in [0.2, 0.25) is 0 Å². The number of benzene rings is 2. The van der Waals surface area contributed by atoms with Crippen LogP contribution in [-0.4, -0.2) is 11.1 Å². The van der Waals surface area contributed by atoms with Crippen molar-refractivity contribution in [2.24, 2.45) is 0 Å². The Morgan fingerprint density at radius 2 is 1.50 bits per heavy atom. The van der Waals surface area contributed by atoms with E-state index in [1.54, 1.807) is 6.08 Å². The first-order chi connectivity index (χ1) is 8.75. The summed E-state index contributed by atoms with van der Waals surface area (Å²) in [7, 11) is 0. The zero-order valence-electron chi connectivity index (χ0n) is 9.61. The van der Waals surface area contributed by atoms with E-state index < -0.39 is 5.97 Å². The molecule has 0 amide bonds. The quantitative estimate of drug-likeness (QED) is 0.665. The van der Waals surface area contributed by atoms with Gasteiger partial charge in [-0.3, -0.25) is 0 Å². The summed E-state index contributed by atoms with van der Waals surface area (Å²) < 4.78 is 0. The summed E-state index contributed by atoms with van der Waals surface area (Å²) in [4.78, 5) is 12.5. The lowest BCUT2D eigenvalue weighted by Gasteiger charge is -2.02. The molecule has 0 aliphatic carbocycles. The van der Waals surface area contributed by atoms with Gasteiger partial charge in [-0.05, 0) is 23.8 Å². The van der Waals surface area contributed by atoms with Crippen LogP contribution in [0.3, 0.4) is 0 Å². The SMILES string of the molecule is O=C(O)C(=Cc1ccccc1)Sc1ccccc1. The fourth-order valence-corrected chi connectivity index (χ4v) is 2.28. The fraction of sp³-hybridized carbons (Fsp3) is 0. The Bertz CT molecular complexity index is 547. The Labute approximate surface area is 110 Å². The number of carbonyl (C=O) groups is 1. The van der Waals surface area contributed by atoms with Crippen molar-refractivity contribution in [2.45, 2.75) is 4.90 Å². The van der Waals surface area contributed by atoms with E-state index in [1.807, 2.05) is 60.7 Å². The summed E-state index contributed by atoms with van der Waals surface area (Å²) in [6, 6.07) is 18.9. The Morgan fingerprint density at radius 1 is 0.944 bits per heavy atom. The summed E-state index contributed by atoms with van der Waals surface area (Å²) in [5.74, 6) is -0.910. The van der Waals surface area contributed by atoms with Gasteiger partial charge < -0.3 is 5.11 Å². The normalized spacial score (nSPS) is 11.2. The highest BCUT2D eigenvalue weighted by molar-refractivity contribution is 8.04. The zero-order valence-corrected chi connectivity index (χ0v) is 10.4. The van der Waals surface area contributed by atoms with Crippen LogP contribution in [0.25, 0.3) is 6.08 Å². The standard InChI is InChI=1S/C15H12O2S/c16-15(17)14(11-12-7-3-1-4-8-12)18-13-9-5-2-6-10-13/h1-11H,(H,16,17). The maximum atomic E-state index is 11.2. The molecular weight excluding hydrogens is 244 g/mol. The minimum Gasteiger partial charge on any atom is -0.477 e. The molecule has 0 bridgehead atoms. The predicted molar refractivity (Wildman–Crippen MR) is 74.4 cm³/mol. The minimum atomic E-state index is -0.910.